The van der Waals surface area contributed by atoms with Gasteiger partial charge in [-0.2, -0.15) is 0 Å². The number of anilines is 1. The molecule has 0 aliphatic rings. The van der Waals surface area contributed by atoms with Crippen molar-refractivity contribution < 1.29 is 4.79 Å². The van der Waals surface area contributed by atoms with Crippen LogP contribution >= 0.6 is 12.4 Å². The number of rotatable bonds is 5. The number of carbonyl (C=O) groups excluding carboxylic acids is 1. The predicted octanol–water partition coefficient (Wildman–Crippen LogP) is 2.03. The maximum atomic E-state index is 11.6. The maximum Gasteiger partial charge on any atom is 0.240 e. The van der Waals surface area contributed by atoms with E-state index >= 15 is 0 Å². The smallest absolute Gasteiger partial charge is 0.240 e. The molecule has 6 heteroatoms. The monoisotopic (exact) mass is 282 g/mol. The van der Waals surface area contributed by atoms with Gasteiger partial charge in [-0.15, -0.1) is 12.4 Å². The first kappa shape index (κ1) is 15.5. The number of imidazole rings is 1. The molecule has 0 radical (unpaired) electrons. The molecule has 0 saturated carbocycles. The van der Waals surface area contributed by atoms with Crippen LogP contribution in [0.1, 0.15) is 13.3 Å². The Morgan fingerprint density at radius 2 is 2.11 bits per heavy atom. The summed E-state index contributed by atoms with van der Waals surface area (Å²) in [5.41, 5.74) is 1.96. The van der Waals surface area contributed by atoms with Crippen LogP contribution in [0, 0.1) is 0 Å². The number of aromatic nitrogens is 2. The summed E-state index contributed by atoms with van der Waals surface area (Å²) in [5, 5.41) is 5.66. The molecular weight excluding hydrogens is 264 g/mol. The van der Waals surface area contributed by atoms with Crippen molar-refractivity contribution in [2.24, 2.45) is 0 Å². The third-order valence-corrected chi connectivity index (χ3v) is 2.69. The maximum absolute atomic E-state index is 11.6. The van der Waals surface area contributed by atoms with Gasteiger partial charge in [0.2, 0.25) is 11.9 Å². The second-order valence-electron chi connectivity index (χ2n) is 4.15. The second kappa shape index (κ2) is 7.11. The first-order valence-corrected chi connectivity index (χ1v) is 6.16. The van der Waals surface area contributed by atoms with Crippen LogP contribution in [-0.4, -0.2) is 29.1 Å². The molecule has 2 aromatic rings. The average Bonchev–Trinajstić information content (AvgIpc) is 2.68. The Bertz CT molecular complexity index is 553. The van der Waals surface area contributed by atoms with Crippen LogP contribution in [0.4, 0.5) is 5.95 Å². The van der Waals surface area contributed by atoms with Crippen LogP contribution in [0.3, 0.4) is 0 Å². The standard InChI is InChI=1S/C13H18N4O.ClH/c1-3-8-17-11-7-5-4-6-10(11)15-13(17)16-12(18)9-14-2;/h4-7,14H,3,8-9H2,1-2H3,(H,15,16,18);1H. The fourth-order valence-corrected chi connectivity index (χ4v) is 1.95. The lowest BCUT2D eigenvalue weighted by Crippen LogP contribution is -2.26. The van der Waals surface area contributed by atoms with Crippen LogP contribution in [0.2, 0.25) is 0 Å². The van der Waals surface area contributed by atoms with Gasteiger partial charge in [-0.25, -0.2) is 4.98 Å². The second-order valence-corrected chi connectivity index (χ2v) is 4.15. The van der Waals surface area contributed by atoms with Crippen molar-refractivity contribution >= 4 is 35.3 Å². The average molecular weight is 283 g/mol. The predicted molar refractivity (Wildman–Crippen MR) is 79.8 cm³/mol. The molecule has 0 aliphatic carbocycles. The molecule has 2 N–H and O–H groups in total. The first-order chi connectivity index (χ1) is 8.76. The number of hydrogen-bond donors (Lipinski definition) is 2. The molecule has 0 fully saturated rings. The molecule has 19 heavy (non-hydrogen) atoms. The molecule has 2 rings (SSSR count). The third kappa shape index (κ3) is 3.45. The minimum atomic E-state index is -0.0786. The molecule has 0 spiro atoms. The van der Waals surface area contributed by atoms with Gasteiger partial charge < -0.3 is 9.88 Å². The van der Waals surface area contributed by atoms with Crippen LogP contribution in [0.5, 0.6) is 0 Å². The number of carbonyl (C=O) groups is 1. The lowest BCUT2D eigenvalue weighted by molar-refractivity contribution is -0.115. The molecule has 0 unspecified atom stereocenters. The van der Waals surface area contributed by atoms with E-state index in [1.807, 2.05) is 28.8 Å². The van der Waals surface area contributed by atoms with Crippen molar-refractivity contribution in [1.29, 1.82) is 0 Å². The van der Waals surface area contributed by atoms with E-state index in [1.165, 1.54) is 0 Å². The Morgan fingerprint density at radius 1 is 1.37 bits per heavy atom. The lowest BCUT2D eigenvalue weighted by atomic mass is 10.3. The van der Waals surface area contributed by atoms with Crippen LogP contribution < -0.4 is 10.6 Å². The number of para-hydroxylation sites is 2. The summed E-state index contributed by atoms with van der Waals surface area (Å²) in [7, 11) is 1.74. The van der Waals surface area contributed by atoms with E-state index in [4.69, 9.17) is 0 Å². The Labute approximate surface area is 118 Å². The molecule has 1 aromatic heterocycles. The van der Waals surface area contributed by atoms with E-state index in [0.717, 1.165) is 24.0 Å². The number of halogens is 1. The highest BCUT2D eigenvalue weighted by Crippen LogP contribution is 2.19. The molecular formula is C13H19ClN4O. The van der Waals surface area contributed by atoms with Crippen molar-refractivity contribution in [3.8, 4) is 0 Å². The van der Waals surface area contributed by atoms with E-state index in [-0.39, 0.29) is 24.9 Å². The number of benzene rings is 1. The summed E-state index contributed by atoms with van der Waals surface area (Å²) in [6.07, 6.45) is 0.995. The van der Waals surface area contributed by atoms with E-state index in [2.05, 4.69) is 22.5 Å². The van der Waals surface area contributed by atoms with Crippen molar-refractivity contribution in [2.75, 3.05) is 18.9 Å². The number of nitrogens with one attached hydrogen (secondary N) is 2. The molecule has 1 aromatic carbocycles. The quantitative estimate of drug-likeness (QED) is 0.882. The van der Waals surface area contributed by atoms with Gasteiger partial charge in [-0.1, -0.05) is 19.1 Å². The Hall–Kier alpha value is -1.59. The van der Waals surface area contributed by atoms with Gasteiger partial charge in [0.15, 0.2) is 0 Å². The largest absolute Gasteiger partial charge is 0.311 e. The zero-order valence-corrected chi connectivity index (χ0v) is 12.0. The molecule has 1 amide bonds. The third-order valence-electron chi connectivity index (χ3n) is 2.69. The van der Waals surface area contributed by atoms with Gasteiger partial charge in [0.1, 0.15) is 0 Å². The highest BCUT2D eigenvalue weighted by atomic mass is 35.5. The number of hydrogen-bond acceptors (Lipinski definition) is 3. The Kier molecular flexibility index (Phi) is 5.79. The normalized spacial score (nSPS) is 10.2. The Balaban J connectivity index is 0.00000180. The molecule has 0 saturated heterocycles. The van der Waals surface area contributed by atoms with Gasteiger partial charge >= 0.3 is 0 Å². The zero-order chi connectivity index (χ0) is 13.0. The molecule has 0 bridgehead atoms. The summed E-state index contributed by atoms with van der Waals surface area (Å²) in [4.78, 5) is 16.1. The summed E-state index contributed by atoms with van der Waals surface area (Å²) >= 11 is 0. The number of likely N-dealkylation sites (N-methyl/N-ethyl adjacent to an activating group) is 1. The van der Waals surface area contributed by atoms with Crippen molar-refractivity contribution in [3.63, 3.8) is 0 Å². The molecule has 5 nitrogen and oxygen atoms in total. The van der Waals surface area contributed by atoms with E-state index in [9.17, 15) is 4.79 Å². The fraction of sp³-hybridized carbons (Fsp3) is 0.385. The summed E-state index contributed by atoms with van der Waals surface area (Å²) in [6.45, 7) is 3.24. The Morgan fingerprint density at radius 3 is 2.79 bits per heavy atom. The fourth-order valence-electron chi connectivity index (χ4n) is 1.95. The highest BCUT2D eigenvalue weighted by Gasteiger charge is 2.11. The summed E-state index contributed by atoms with van der Waals surface area (Å²) < 4.78 is 2.04. The number of aryl methyl sites for hydroxylation is 1. The first-order valence-electron chi connectivity index (χ1n) is 6.16. The number of nitrogens with zero attached hydrogens (tertiary/aromatic N) is 2. The molecule has 0 atom stereocenters. The molecule has 0 aliphatic heterocycles. The van der Waals surface area contributed by atoms with E-state index < -0.39 is 0 Å². The van der Waals surface area contributed by atoms with Crippen molar-refractivity contribution in [1.82, 2.24) is 14.9 Å². The number of fused-ring (bicyclic) bond motifs is 1. The minimum Gasteiger partial charge on any atom is -0.311 e. The van der Waals surface area contributed by atoms with Crippen LogP contribution in [0.15, 0.2) is 24.3 Å². The van der Waals surface area contributed by atoms with Gasteiger partial charge in [0, 0.05) is 6.54 Å². The van der Waals surface area contributed by atoms with Crippen LogP contribution in [-0.2, 0) is 11.3 Å². The van der Waals surface area contributed by atoms with E-state index in [1.54, 1.807) is 7.05 Å². The van der Waals surface area contributed by atoms with Gasteiger partial charge in [0.05, 0.1) is 17.6 Å². The summed E-state index contributed by atoms with van der Waals surface area (Å²) in [5.74, 6) is 0.545. The number of amides is 1. The van der Waals surface area contributed by atoms with Gasteiger partial charge in [-0.05, 0) is 25.6 Å². The van der Waals surface area contributed by atoms with Crippen LogP contribution in [0.25, 0.3) is 11.0 Å². The highest BCUT2D eigenvalue weighted by molar-refractivity contribution is 5.92. The van der Waals surface area contributed by atoms with E-state index in [0.29, 0.717) is 5.95 Å². The topological polar surface area (TPSA) is 59.0 Å². The van der Waals surface area contributed by atoms with Crippen molar-refractivity contribution in [3.05, 3.63) is 24.3 Å². The molecule has 104 valence electrons. The van der Waals surface area contributed by atoms with Crippen molar-refractivity contribution in [2.45, 2.75) is 19.9 Å². The molecule has 1 heterocycles. The van der Waals surface area contributed by atoms with Gasteiger partial charge in [0.25, 0.3) is 0 Å². The summed E-state index contributed by atoms with van der Waals surface area (Å²) in [6, 6.07) is 7.90. The SMILES string of the molecule is CCCn1c(NC(=O)CNC)nc2ccccc21.Cl. The lowest BCUT2D eigenvalue weighted by Gasteiger charge is -2.08. The van der Waals surface area contributed by atoms with Gasteiger partial charge in [-0.3, -0.25) is 10.1 Å². The minimum absolute atomic E-state index is 0. The zero-order valence-electron chi connectivity index (χ0n) is 11.1.